The Morgan fingerprint density at radius 2 is 0.778 bits per heavy atom. The summed E-state index contributed by atoms with van der Waals surface area (Å²) in [6.45, 7) is 0. The van der Waals surface area contributed by atoms with Crippen LogP contribution in [0.25, 0.3) is 105 Å². The number of benzene rings is 7. The lowest BCUT2D eigenvalue weighted by molar-refractivity contribution is 1.06. The van der Waals surface area contributed by atoms with E-state index in [2.05, 4.69) is 144 Å². The highest BCUT2D eigenvalue weighted by molar-refractivity contribution is 6.27. The van der Waals surface area contributed by atoms with Gasteiger partial charge < -0.3 is 0 Å². The van der Waals surface area contributed by atoms with Crippen molar-refractivity contribution >= 4 is 43.4 Å². The Morgan fingerprint density at radius 1 is 0.333 bits per heavy atom. The lowest BCUT2D eigenvalue weighted by atomic mass is 9.93. The molecule has 7 aromatic carbocycles. The van der Waals surface area contributed by atoms with Gasteiger partial charge in [0.1, 0.15) is 5.69 Å². The molecule has 2 heterocycles. The smallest absolute Gasteiger partial charge is 0.165 e. The van der Waals surface area contributed by atoms with Gasteiger partial charge >= 0.3 is 0 Å². The van der Waals surface area contributed by atoms with Crippen molar-refractivity contribution in [1.82, 2.24) is 14.5 Å². The first kappa shape index (κ1) is 23.4. The lowest BCUT2D eigenvalue weighted by Crippen LogP contribution is -2.05. The fourth-order valence-electron chi connectivity index (χ4n) is 8.06. The van der Waals surface area contributed by atoms with Crippen molar-refractivity contribution in [2.24, 2.45) is 0 Å². The fourth-order valence-corrected chi connectivity index (χ4v) is 8.06. The van der Waals surface area contributed by atoms with E-state index >= 15 is 0 Å². The molecule has 0 saturated heterocycles. The van der Waals surface area contributed by atoms with Crippen LogP contribution in [0.1, 0.15) is 0 Å². The highest BCUT2D eigenvalue weighted by Crippen LogP contribution is 2.51. The first-order valence-electron chi connectivity index (χ1n) is 15.4. The summed E-state index contributed by atoms with van der Waals surface area (Å²) in [4.78, 5) is 11.1. The molecule has 2 aliphatic carbocycles. The number of rotatable bonds is 2. The van der Waals surface area contributed by atoms with Crippen LogP contribution in [0.2, 0.25) is 0 Å². The molecule has 206 valence electrons. The molecule has 3 heteroatoms. The fraction of sp³-hybridized carbons (Fsp3) is 0. The first-order chi connectivity index (χ1) is 22.3. The minimum Gasteiger partial charge on any atom is -0.292 e. The van der Waals surface area contributed by atoms with Gasteiger partial charge in [0.25, 0.3) is 0 Å². The summed E-state index contributed by atoms with van der Waals surface area (Å²) in [6.07, 6.45) is 0. The van der Waals surface area contributed by atoms with E-state index in [1.807, 2.05) is 0 Å². The van der Waals surface area contributed by atoms with Crippen LogP contribution in [-0.2, 0) is 0 Å². The van der Waals surface area contributed by atoms with Crippen molar-refractivity contribution < 1.29 is 0 Å². The molecule has 0 bridgehead atoms. The van der Waals surface area contributed by atoms with E-state index in [9.17, 15) is 0 Å². The van der Waals surface area contributed by atoms with Crippen molar-refractivity contribution in [3.63, 3.8) is 0 Å². The molecule has 2 aromatic heterocycles. The average Bonchev–Trinajstić information content (AvgIpc) is 3.57. The number of nitrogens with zero attached hydrogens (tertiary/aromatic N) is 3. The third-order valence-electron chi connectivity index (χ3n) is 9.85. The summed E-state index contributed by atoms with van der Waals surface area (Å²) in [6, 6.07) is 50.3. The second-order valence-corrected chi connectivity index (χ2v) is 12.1. The summed E-state index contributed by atoms with van der Waals surface area (Å²) in [5.74, 6) is 0.853. The summed E-state index contributed by atoms with van der Waals surface area (Å²) >= 11 is 0. The maximum atomic E-state index is 5.60. The number of aromatic nitrogens is 3. The third-order valence-corrected chi connectivity index (χ3v) is 9.85. The lowest BCUT2D eigenvalue weighted by Gasteiger charge is -2.16. The molecule has 0 amide bonds. The normalized spacial score (nSPS) is 12.4. The SMILES string of the molecule is c1ccc(-c2nc3c(nc2-n2c4cccc5c4c4c(cccc42)-c2cccc4cccc-5c24)-c2cccc4cccc-3c24)cc1. The summed E-state index contributed by atoms with van der Waals surface area (Å²) < 4.78 is 2.37. The van der Waals surface area contributed by atoms with Gasteiger partial charge in [-0.3, -0.25) is 4.57 Å². The van der Waals surface area contributed by atoms with Crippen molar-refractivity contribution in [3.8, 4) is 61.8 Å². The van der Waals surface area contributed by atoms with E-state index in [0.717, 1.165) is 50.6 Å². The van der Waals surface area contributed by atoms with Gasteiger partial charge in [-0.2, -0.15) is 0 Å². The number of fused-ring (bicyclic) bond motifs is 5. The van der Waals surface area contributed by atoms with Crippen LogP contribution >= 0.6 is 0 Å². The van der Waals surface area contributed by atoms with Gasteiger partial charge in [0.2, 0.25) is 0 Å². The molecular formula is C42H23N3. The van der Waals surface area contributed by atoms with Gasteiger partial charge in [0.15, 0.2) is 5.82 Å². The monoisotopic (exact) mass is 569 g/mol. The number of hydrogen-bond donors (Lipinski definition) is 0. The van der Waals surface area contributed by atoms with Gasteiger partial charge in [-0.25, -0.2) is 9.97 Å². The second kappa shape index (κ2) is 8.31. The Kier molecular flexibility index (Phi) is 4.32. The largest absolute Gasteiger partial charge is 0.292 e. The molecule has 9 aromatic rings. The predicted molar refractivity (Wildman–Crippen MR) is 186 cm³/mol. The Bertz CT molecular complexity index is 2650. The third kappa shape index (κ3) is 2.90. The average molecular weight is 570 g/mol. The quantitative estimate of drug-likeness (QED) is 0.207. The van der Waals surface area contributed by atoms with E-state index in [1.54, 1.807) is 0 Å². The molecule has 0 saturated carbocycles. The zero-order valence-electron chi connectivity index (χ0n) is 24.1. The molecule has 3 nitrogen and oxygen atoms in total. The van der Waals surface area contributed by atoms with Gasteiger partial charge in [-0.15, -0.1) is 0 Å². The first-order valence-corrected chi connectivity index (χ1v) is 15.4. The molecule has 0 radical (unpaired) electrons. The van der Waals surface area contributed by atoms with Gasteiger partial charge in [-0.05, 0) is 50.5 Å². The topological polar surface area (TPSA) is 30.7 Å². The maximum Gasteiger partial charge on any atom is 0.165 e. The molecule has 0 spiro atoms. The Morgan fingerprint density at radius 3 is 1.33 bits per heavy atom. The molecule has 0 N–H and O–H groups in total. The Balaban J connectivity index is 1.32. The van der Waals surface area contributed by atoms with E-state index < -0.39 is 0 Å². The molecule has 0 aliphatic heterocycles. The Labute approximate surface area is 258 Å². The standard InChI is InChI=1S/C42H23N3/c1-2-10-26(11-3-1)39-42(44-41-32-21-7-15-25-14-6-20-31(36(25)32)40(41)43-39)45-33-22-8-18-29-27-16-4-12-24-13-5-17-28(35(24)27)30-19-9-23-34(45)38(30)37(29)33/h1-23H. The summed E-state index contributed by atoms with van der Waals surface area (Å²) in [5, 5.41) is 7.56. The van der Waals surface area contributed by atoms with E-state index in [-0.39, 0.29) is 0 Å². The highest BCUT2D eigenvalue weighted by Gasteiger charge is 2.30. The highest BCUT2D eigenvalue weighted by atomic mass is 15.1. The van der Waals surface area contributed by atoms with E-state index in [0.29, 0.717) is 0 Å². The zero-order valence-corrected chi connectivity index (χ0v) is 24.1. The molecule has 0 unspecified atom stereocenters. The Hall–Kier alpha value is -6.06. The molecule has 2 aliphatic rings. The molecule has 0 fully saturated rings. The van der Waals surface area contributed by atoms with Gasteiger partial charge in [-0.1, -0.05) is 127 Å². The van der Waals surface area contributed by atoms with Crippen molar-refractivity contribution in [1.29, 1.82) is 0 Å². The zero-order chi connectivity index (χ0) is 29.2. The van der Waals surface area contributed by atoms with E-state index in [1.165, 1.54) is 54.6 Å². The predicted octanol–water partition coefficient (Wildman–Crippen LogP) is 10.8. The molecular weight excluding hydrogens is 546 g/mol. The van der Waals surface area contributed by atoms with Crippen LogP contribution in [-0.4, -0.2) is 14.5 Å². The van der Waals surface area contributed by atoms with Crippen molar-refractivity contribution in [3.05, 3.63) is 140 Å². The van der Waals surface area contributed by atoms with Crippen LogP contribution in [0, 0.1) is 0 Å². The van der Waals surface area contributed by atoms with Gasteiger partial charge in [0, 0.05) is 32.8 Å². The summed E-state index contributed by atoms with van der Waals surface area (Å²) in [5.41, 5.74) is 13.5. The number of hydrogen-bond acceptors (Lipinski definition) is 2. The van der Waals surface area contributed by atoms with E-state index in [4.69, 9.17) is 9.97 Å². The molecule has 11 rings (SSSR count). The van der Waals surface area contributed by atoms with Crippen molar-refractivity contribution in [2.45, 2.75) is 0 Å². The van der Waals surface area contributed by atoms with Crippen molar-refractivity contribution in [2.75, 3.05) is 0 Å². The van der Waals surface area contributed by atoms with Gasteiger partial charge in [0.05, 0.1) is 22.4 Å². The van der Waals surface area contributed by atoms with Crippen LogP contribution in [0.3, 0.4) is 0 Å². The minimum absolute atomic E-state index is 0.853. The minimum atomic E-state index is 0.853. The van der Waals surface area contributed by atoms with Crippen LogP contribution < -0.4 is 0 Å². The summed E-state index contributed by atoms with van der Waals surface area (Å²) in [7, 11) is 0. The van der Waals surface area contributed by atoms with Crippen LogP contribution in [0.4, 0.5) is 0 Å². The second-order valence-electron chi connectivity index (χ2n) is 12.1. The van der Waals surface area contributed by atoms with Crippen LogP contribution in [0.5, 0.6) is 0 Å². The van der Waals surface area contributed by atoms with Crippen LogP contribution in [0.15, 0.2) is 140 Å². The maximum absolute atomic E-state index is 5.60. The molecule has 0 atom stereocenters. The molecule has 45 heavy (non-hydrogen) atoms.